The topological polar surface area (TPSA) is 41.5 Å². The molecule has 5 nitrogen and oxygen atoms in total. The minimum absolute atomic E-state index is 0.379. The molecule has 0 saturated carbocycles. The van der Waals surface area contributed by atoms with Crippen LogP contribution in [0.25, 0.3) is 0 Å². The summed E-state index contributed by atoms with van der Waals surface area (Å²) < 4.78 is 18.3. The molecule has 0 aromatic carbocycles. The molecule has 2 aliphatic rings. The van der Waals surface area contributed by atoms with Crippen LogP contribution in [0.15, 0.2) is 12.4 Å². The van der Waals surface area contributed by atoms with Crippen molar-refractivity contribution in [1.29, 1.82) is 0 Å². The first-order chi connectivity index (χ1) is 9.76. The highest BCUT2D eigenvalue weighted by molar-refractivity contribution is 5.97. The van der Waals surface area contributed by atoms with Gasteiger partial charge in [-0.3, -0.25) is 4.90 Å². The molecule has 0 bridgehead atoms. The molecule has 2 atom stereocenters. The monoisotopic (exact) mass is 294 g/mol. The van der Waals surface area contributed by atoms with Crippen LogP contribution >= 0.6 is 0 Å². The molecule has 2 unspecified atom stereocenters. The van der Waals surface area contributed by atoms with Crippen LogP contribution in [0.1, 0.15) is 12.8 Å². The maximum atomic E-state index is 12.9. The van der Waals surface area contributed by atoms with Gasteiger partial charge in [0.25, 0.3) is 0 Å². The number of piperazine rings is 1. The highest BCUT2D eigenvalue weighted by Crippen LogP contribution is 2.26. The third-order valence-electron chi connectivity index (χ3n) is 4.30. The van der Waals surface area contributed by atoms with Crippen molar-refractivity contribution in [1.82, 2.24) is 14.9 Å². The Hall–Kier alpha value is -0.738. The molecule has 0 spiro atoms. The van der Waals surface area contributed by atoms with E-state index in [1.807, 2.05) is 0 Å². The van der Waals surface area contributed by atoms with Crippen LogP contribution in [-0.4, -0.2) is 70.3 Å². The van der Waals surface area contributed by atoms with Crippen molar-refractivity contribution in [3.63, 3.8) is 0 Å². The van der Waals surface area contributed by atoms with E-state index in [0.717, 1.165) is 49.4 Å². The van der Waals surface area contributed by atoms with E-state index in [1.54, 1.807) is 0 Å². The largest absolute Gasteiger partial charge is 0.506 e. The van der Waals surface area contributed by atoms with Crippen molar-refractivity contribution in [2.75, 3.05) is 37.7 Å². The van der Waals surface area contributed by atoms with Crippen molar-refractivity contribution in [3.05, 3.63) is 18.2 Å². The third kappa shape index (κ3) is 3.12. The summed E-state index contributed by atoms with van der Waals surface area (Å²) in [6, 6.07) is 0.572. The van der Waals surface area contributed by atoms with Gasteiger partial charge in [-0.05, 0) is 18.8 Å². The Morgan fingerprint density at radius 1 is 1.25 bits per heavy atom. The fraction of sp³-hybridized carbons (Fsp3) is 0.692. The number of anilines is 1. The predicted molar refractivity (Wildman–Crippen MR) is 76.8 cm³/mol. The van der Waals surface area contributed by atoms with E-state index in [2.05, 4.69) is 19.8 Å². The summed E-state index contributed by atoms with van der Waals surface area (Å²) >= 11 is 0.832. The Morgan fingerprint density at radius 2 is 2.05 bits per heavy atom. The number of rotatable bonds is 3. The summed E-state index contributed by atoms with van der Waals surface area (Å²) in [6.45, 7) is 4.95. The van der Waals surface area contributed by atoms with Gasteiger partial charge in [0.15, 0.2) is 5.82 Å². The van der Waals surface area contributed by atoms with Gasteiger partial charge >= 0.3 is 16.6 Å². The van der Waals surface area contributed by atoms with E-state index in [0.29, 0.717) is 17.9 Å². The van der Waals surface area contributed by atoms with Gasteiger partial charge < -0.3 is 8.69 Å². The highest BCUT2D eigenvalue weighted by Gasteiger charge is 2.33. The van der Waals surface area contributed by atoms with Crippen molar-refractivity contribution >= 4 is 22.6 Å². The number of nitrogens with zero attached hydrogens (tertiary/aromatic N) is 4. The maximum absolute atomic E-state index is 12.9. The SMILES string of the molecule is Fc1cnc(N2CCN3CC(C[O][AlH2])CCC3C2)nc1. The molecular formula is C13H20AlFN4O. The number of hydrogen-bond donors (Lipinski definition) is 0. The van der Waals surface area contributed by atoms with Gasteiger partial charge in [0, 0.05) is 38.8 Å². The first-order valence-electron chi connectivity index (χ1n) is 7.21. The van der Waals surface area contributed by atoms with E-state index >= 15 is 0 Å². The molecular weight excluding hydrogens is 274 g/mol. The van der Waals surface area contributed by atoms with Crippen LogP contribution in [0.4, 0.5) is 10.3 Å². The zero-order valence-corrected chi connectivity index (χ0v) is 13.8. The molecule has 1 aromatic heterocycles. The summed E-state index contributed by atoms with van der Waals surface area (Å²) in [5, 5.41) is 0. The summed E-state index contributed by atoms with van der Waals surface area (Å²) in [4.78, 5) is 12.9. The summed E-state index contributed by atoms with van der Waals surface area (Å²) in [5.41, 5.74) is 0. The summed E-state index contributed by atoms with van der Waals surface area (Å²) in [5.74, 6) is 0.962. The third-order valence-corrected chi connectivity index (χ3v) is 4.63. The first kappa shape index (κ1) is 14.2. The highest BCUT2D eigenvalue weighted by atomic mass is 27.1. The normalized spacial score (nSPS) is 27.4. The van der Waals surface area contributed by atoms with Gasteiger partial charge in [-0.25, -0.2) is 14.4 Å². The van der Waals surface area contributed by atoms with Crippen molar-refractivity contribution in [2.45, 2.75) is 18.9 Å². The van der Waals surface area contributed by atoms with Crippen molar-refractivity contribution in [2.24, 2.45) is 5.92 Å². The molecule has 0 aliphatic carbocycles. The minimum Gasteiger partial charge on any atom is -0.506 e. The Morgan fingerprint density at radius 3 is 2.80 bits per heavy atom. The van der Waals surface area contributed by atoms with Crippen LogP contribution in [0.3, 0.4) is 0 Å². The second-order valence-corrected chi connectivity index (χ2v) is 6.27. The number of fused-ring (bicyclic) bond motifs is 1. The molecule has 2 fully saturated rings. The van der Waals surface area contributed by atoms with E-state index in [9.17, 15) is 4.39 Å². The van der Waals surface area contributed by atoms with Gasteiger partial charge in [-0.2, -0.15) is 0 Å². The molecule has 7 heteroatoms. The van der Waals surface area contributed by atoms with Gasteiger partial charge in [-0.15, -0.1) is 0 Å². The minimum atomic E-state index is -0.379. The van der Waals surface area contributed by atoms with Gasteiger partial charge in [0.1, 0.15) is 0 Å². The molecule has 2 aliphatic heterocycles. The zero-order valence-electron chi connectivity index (χ0n) is 11.8. The summed E-state index contributed by atoms with van der Waals surface area (Å²) in [6.07, 6.45) is 4.93. The molecule has 108 valence electrons. The van der Waals surface area contributed by atoms with Crippen LogP contribution in [0.5, 0.6) is 0 Å². The lowest BCUT2D eigenvalue weighted by Gasteiger charge is -2.46. The second-order valence-electron chi connectivity index (χ2n) is 5.69. The fourth-order valence-electron chi connectivity index (χ4n) is 3.28. The quantitative estimate of drug-likeness (QED) is 0.739. The lowest BCUT2D eigenvalue weighted by molar-refractivity contribution is 0.0745. The maximum Gasteiger partial charge on any atom is 0.410 e. The van der Waals surface area contributed by atoms with E-state index in [4.69, 9.17) is 3.79 Å². The average molecular weight is 294 g/mol. The Bertz CT molecular complexity index is 447. The molecule has 3 heterocycles. The average Bonchev–Trinajstić information content (AvgIpc) is 2.48. The number of aromatic nitrogens is 2. The standard InChI is InChI=1S/C13H18FN4O.Al.2H/c14-11-5-15-13(16-6-11)18-4-3-17-7-10(9-19)1-2-12(17)8-18;;;/h5-6,10,12H,1-4,7-9H2;;;/q-1;+1;;. The number of piperidine rings is 1. The van der Waals surface area contributed by atoms with Crippen LogP contribution in [0, 0.1) is 11.7 Å². The molecule has 1 aromatic rings. The molecule has 0 amide bonds. The molecule has 3 rings (SSSR count). The second kappa shape index (κ2) is 6.36. The first-order valence-corrected chi connectivity index (χ1v) is 8.03. The Kier molecular flexibility index (Phi) is 4.52. The fourth-order valence-corrected chi connectivity index (χ4v) is 3.75. The number of hydrogen-bond acceptors (Lipinski definition) is 5. The molecule has 0 radical (unpaired) electrons. The van der Waals surface area contributed by atoms with Crippen LogP contribution in [-0.2, 0) is 3.79 Å². The van der Waals surface area contributed by atoms with Gasteiger partial charge in [0.2, 0.25) is 5.95 Å². The van der Waals surface area contributed by atoms with Crippen LogP contribution < -0.4 is 4.90 Å². The zero-order chi connectivity index (χ0) is 13.9. The van der Waals surface area contributed by atoms with Crippen LogP contribution in [0.2, 0.25) is 0 Å². The Labute approximate surface area is 126 Å². The number of halogens is 1. The molecule has 0 N–H and O–H groups in total. The van der Waals surface area contributed by atoms with Crippen molar-refractivity contribution in [3.8, 4) is 0 Å². The lowest BCUT2D eigenvalue weighted by atomic mass is 9.92. The predicted octanol–water partition coefficient (Wildman–Crippen LogP) is 0.0810. The Balaban J connectivity index is 1.61. The van der Waals surface area contributed by atoms with E-state index in [-0.39, 0.29) is 5.82 Å². The summed E-state index contributed by atoms with van der Waals surface area (Å²) in [7, 11) is 0. The van der Waals surface area contributed by atoms with E-state index in [1.165, 1.54) is 25.2 Å². The van der Waals surface area contributed by atoms with Crippen molar-refractivity contribution < 1.29 is 8.18 Å². The van der Waals surface area contributed by atoms with Gasteiger partial charge in [-0.1, -0.05) is 0 Å². The van der Waals surface area contributed by atoms with Gasteiger partial charge in [0.05, 0.1) is 12.4 Å². The molecule has 2 saturated heterocycles. The molecule has 20 heavy (non-hydrogen) atoms. The lowest BCUT2D eigenvalue weighted by Crippen LogP contribution is -2.57. The van der Waals surface area contributed by atoms with E-state index < -0.39 is 0 Å². The smallest absolute Gasteiger partial charge is 0.410 e.